The Balaban J connectivity index is 1.87. The first-order valence-corrected chi connectivity index (χ1v) is 6.85. The van der Waals surface area contributed by atoms with Crippen LogP contribution in [0.3, 0.4) is 0 Å². The highest BCUT2D eigenvalue weighted by Crippen LogP contribution is 2.06. The molecule has 0 radical (unpaired) electrons. The van der Waals surface area contributed by atoms with Crippen LogP contribution in [0.25, 0.3) is 0 Å². The van der Waals surface area contributed by atoms with E-state index in [0.29, 0.717) is 17.1 Å². The van der Waals surface area contributed by atoms with Gasteiger partial charge in [0.2, 0.25) is 5.91 Å². The molecule has 21 heavy (non-hydrogen) atoms. The van der Waals surface area contributed by atoms with Crippen molar-refractivity contribution in [2.24, 2.45) is 5.73 Å². The molecule has 3 nitrogen and oxygen atoms in total. The van der Waals surface area contributed by atoms with Crippen LogP contribution in [0.4, 0.5) is 4.39 Å². The van der Waals surface area contributed by atoms with Crippen molar-refractivity contribution in [2.45, 2.75) is 13.0 Å². The quantitative estimate of drug-likeness (QED) is 0.833. The number of rotatable bonds is 5. The Labute approximate surface area is 128 Å². The third-order valence-corrected chi connectivity index (χ3v) is 3.22. The van der Waals surface area contributed by atoms with Crippen LogP contribution in [0.2, 0.25) is 0 Å². The molecule has 0 aliphatic carbocycles. The Morgan fingerprint density at radius 2 is 1.86 bits per heavy atom. The monoisotopic (exact) mass is 302 g/mol. The average Bonchev–Trinajstić information content (AvgIpc) is 2.45. The molecule has 0 heterocycles. The topological polar surface area (TPSA) is 55.1 Å². The molecule has 1 amide bonds. The van der Waals surface area contributed by atoms with Gasteiger partial charge >= 0.3 is 0 Å². The molecule has 5 heteroatoms. The fourth-order valence-corrected chi connectivity index (χ4v) is 2.02. The lowest BCUT2D eigenvalue weighted by Crippen LogP contribution is -2.24. The van der Waals surface area contributed by atoms with Gasteiger partial charge in [-0.15, -0.1) is 0 Å². The standard InChI is InChI=1S/C16H15FN2OS/c17-14-3-1-2-12(8-14)9-15(20)19-10-11-4-6-13(7-5-11)16(18)21/h1-8H,9-10H2,(H2,18,21)(H,19,20). The van der Waals surface area contributed by atoms with Crippen LogP contribution in [0.5, 0.6) is 0 Å². The lowest BCUT2D eigenvalue weighted by atomic mass is 10.1. The number of hydrogen-bond acceptors (Lipinski definition) is 2. The summed E-state index contributed by atoms with van der Waals surface area (Å²) < 4.78 is 13.0. The van der Waals surface area contributed by atoms with Crippen LogP contribution in [-0.2, 0) is 17.8 Å². The van der Waals surface area contributed by atoms with Crippen molar-refractivity contribution in [3.05, 3.63) is 71.0 Å². The molecule has 0 saturated carbocycles. The second-order valence-electron chi connectivity index (χ2n) is 4.64. The lowest BCUT2D eigenvalue weighted by Gasteiger charge is -2.06. The van der Waals surface area contributed by atoms with Crippen LogP contribution >= 0.6 is 12.2 Å². The summed E-state index contributed by atoms with van der Waals surface area (Å²) in [5.74, 6) is -0.493. The van der Waals surface area contributed by atoms with Crippen LogP contribution < -0.4 is 11.1 Å². The van der Waals surface area contributed by atoms with Crippen molar-refractivity contribution >= 4 is 23.1 Å². The summed E-state index contributed by atoms with van der Waals surface area (Å²) in [4.78, 5) is 12.1. The molecule has 0 bridgehead atoms. The first-order valence-electron chi connectivity index (χ1n) is 6.44. The highest BCUT2D eigenvalue weighted by molar-refractivity contribution is 7.80. The van der Waals surface area contributed by atoms with E-state index in [1.54, 1.807) is 12.1 Å². The number of nitrogens with two attached hydrogens (primary N) is 1. The summed E-state index contributed by atoms with van der Waals surface area (Å²) in [6.07, 6.45) is 0.155. The van der Waals surface area contributed by atoms with Crippen LogP contribution in [0.1, 0.15) is 16.7 Å². The van der Waals surface area contributed by atoms with Crippen molar-refractivity contribution < 1.29 is 9.18 Å². The molecule has 2 rings (SSSR count). The van der Waals surface area contributed by atoms with E-state index in [0.717, 1.165) is 11.1 Å². The minimum atomic E-state index is -0.339. The number of thiocarbonyl (C=S) groups is 1. The zero-order valence-electron chi connectivity index (χ0n) is 11.3. The minimum Gasteiger partial charge on any atom is -0.389 e. The maximum absolute atomic E-state index is 13.0. The van der Waals surface area contributed by atoms with Gasteiger partial charge in [-0.05, 0) is 23.3 Å². The molecular formula is C16H15FN2OS. The van der Waals surface area contributed by atoms with E-state index < -0.39 is 0 Å². The largest absolute Gasteiger partial charge is 0.389 e. The number of amides is 1. The summed E-state index contributed by atoms with van der Waals surface area (Å²) in [7, 11) is 0. The van der Waals surface area contributed by atoms with Crippen molar-refractivity contribution in [1.82, 2.24) is 5.32 Å². The molecule has 2 aromatic rings. The molecule has 0 aliphatic rings. The zero-order chi connectivity index (χ0) is 15.2. The van der Waals surface area contributed by atoms with E-state index in [4.69, 9.17) is 18.0 Å². The normalized spacial score (nSPS) is 10.1. The van der Waals surface area contributed by atoms with Gasteiger partial charge in [-0.25, -0.2) is 4.39 Å². The second-order valence-corrected chi connectivity index (χ2v) is 5.08. The van der Waals surface area contributed by atoms with E-state index >= 15 is 0 Å². The summed E-state index contributed by atoms with van der Waals surface area (Å²) in [5.41, 5.74) is 7.90. The number of carbonyl (C=O) groups excluding carboxylic acids is 1. The molecule has 0 aromatic heterocycles. The number of hydrogen-bond donors (Lipinski definition) is 2. The van der Waals surface area contributed by atoms with Gasteiger partial charge < -0.3 is 11.1 Å². The van der Waals surface area contributed by atoms with Gasteiger partial charge in [0.25, 0.3) is 0 Å². The van der Waals surface area contributed by atoms with Crippen molar-refractivity contribution in [2.75, 3.05) is 0 Å². The summed E-state index contributed by atoms with van der Waals surface area (Å²) in [6, 6.07) is 13.4. The predicted molar refractivity (Wildman–Crippen MR) is 84.3 cm³/mol. The lowest BCUT2D eigenvalue weighted by molar-refractivity contribution is -0.120. The molecule has 0 saturated heterocycles. The number of benzene rings is 2. The number of carbonyl (C=O) groups is 1. The first-order chi connectivity index (χ1) is 10.0. The van der Waals surface area contributed by atoms with E-state index in [2.05, 4.69) is 5.32 Å². The predicted octanol–water partition coefficient (Wildman–Crippen LogP) is 2.32. The fraction of sp³-hybridized carbons (Fsp3) is 0.125. The van der Waals surface area contributed by atoms with E-state index in [9.17, 15) is 9.18 Å². The van der Waals surface area contributed by atoms with Gasteiger partial charge in [0, 0.05) is 12.1 Å². The molecule has 0 unspecified atom stereocenters. The molecule has 0 spiro atoms. The maximum Gasteiger partial charge on any atom is 0.224 e. The van der Waals surface area contributed by atoms with Crippen molar-refractivity contribution in [3.8, 4) is 0 Å². The SMILES string of the molecule is NC(=S)c1ccc(CNC(=O)Cc2cccc(F)c2)cc1. The molecule has 108 valence electrons. The Kier molecular flexibility index (Phi) is 5.00. The Morgan fingerprint density at radius 1 is 1.14 bits per heavy atom. The highest BCUT2D eigenvalue weighted by atomic mass is 32.1. The third-order valence-electron chi connectivity index (χ3n) is 2.98. The summed E-state index contributed by atoms with van der Waals surface area (Å²) in [5, 5.41) is 2.79. The molecule has 3 N–H and O–H groups in total. The van der Waals surface area contributed by atoms with E-state index in [1.807, 2.05) is 24.3 Å². The Hall–Kier alpha value is -2.27. The highest BCUT2D eigenvalue weighted by Gasteiger charge is 2.04. The maximum atomic E-state index is 13.0. The molecule has 2 aromatic carbocycles. The number of nitrogens with one attached hydrogen (secondary N) is 1. The third kappa shape index (κ3) is 4.65. The van der Waals surface area contributed by atoms with Gasteiger partial charge in [-0.3, -0.25) is 4.79 Å². The van der Waals surface area contributed by atoms with Gasteiger partial charge in [-0.1, -0.05) is 48.6 Å². The smallest absolute Gasteiger partial charge is 0.224 e. The van der Waals surface area contributed by atoms with Crippen LogP contribution in [-0.4, -0.2) is 10.9 Å². The second kappa shape index (κ2) is 6.95. The Bertz CT molecular complexity index is 656. The summed E-state index contributed by atoms with van der Waals surface area (Å²) >= 11 is 4.87. The van der Waals surface area contributed by atoms with Crippen LogP contribution in [0, 0.1) is 5.82 Å². The van der Waals surface area contributed by atoms with E-state index in [1.165, 1.54) is 12.1 Å². The van der Waals surface area contributed by atoms with Crippen molar-refractivity contribution in [3.63, 3.8) is 0 Å². The van der Waals surface area contributed by atoms with Gasteiger partial charge in [-0.2, -0.15) is 0 Å². The van der Waals surface area contributed by atoms with Crippen LogP contribution in [0.15, 0.2) is 48.5 Å². The van der Waals surface area contributed by atoms with Crippen molar-refractivity contribution in [1.29, 1.82) is 0 Å². The molecule has 0 aliphatic heterocycles. The number of halogens is 1. The van der Waals surface area contributed by atoms with Gasteiger partial charge in [0.05, 0.1) is 6.42 Å². The fourth-order valence-electron chi connectivity index (χ4n) is 1.88. The average molecular weight is 302 g/mol. The Morgan fingerprint density at radius 3 is 2.48 bits per heavy atom. The molecule has 0 atom stereocenters. The molecular weight excluding hydrogens is 287 g/mol. The van der Waals surface area contributed by atoms with Gasteiger partial charge in [0.1, 0.15) is 10.8 Å². The first kappa shape index (κ1) is 15.1. The summed E-state index contributed by atoms with van der Waals surface area (Å²) in [6.45, 7) is 0.408. The molecule has 0 fully saturated rings. The van der Waals surface area contributed by atoms with Gasteiger partial charge in [0.15, 0.2) is 0 Å². The van der Waals surface area contributed by atoms with E-state index in [-0.39, 0.29) is 18.1 Å². The zero-order valence-corrected chi connectivity index (χ0v) is 12.1. The minimum absolute atomic E-state index is 0.154.